The number of hydrogen-bond donors (Lipinski definition) is 0. The Balaban J connectivity index is 1.87. The molecule has 0 unspecified atom stereocenters. The third-order valence-corrected chi connectivity index (χ3v) is 4.20. The number of anilines is 2. The van der Waals surface area contributed by atoms with E-state index >= 15 is 0 Å². The van der Waals surface area contributed by atoms with Crippen LogP contribution in [0, 0.1) is 4.91 Å². The SMILES string of the molecule is CN(N=O)c1ccc(N2CCc3ccccc3C2)c(Cl)c1. The second-order valence-corrected chi connectivity index (χ2v) is 5.59. The van der Waals surface area contributed by atoms with E-state index in [0.29, 0.717) is 10.7 Å². The molecule has 4 nitrogen and oxygen atoms in total. The zero-order chi connectivity index (χ0) is 14.8. The van der Waals surface area contributed by atoms with Gasteiger partial charge in [0.05, 0.1) is 21.7 Å². The third kappa shape index (κ3) is 2.72. The molecule has 1 heterocycles. The first-order valence-electron chi connectivity index (χ1n) is 6.87. The summed E-state index contributed by atoms with van der Waals surface area (Å²) in [6, 6.07) is 14.1. The van der Waals surface area contributed by atoms with Crippen LogP contribution >= 0.6 is 11.6 Å². The van der Waals surface area contributed by atoms with Crippen molar-refractivity contribution in [2.75, 3.05) is 23.5 Å². The van der Waals surface area contributed by atoms with Crippen LogP contribution in [0.1, 0.15) is 11.1 Å². The molecular weight excluding hydrogens is 286 g/mol. The quantitative estimate of drug-likeness (QED) is 0.634. The predicted molar refractivity (Wildman–Crippen MR) is 86.8 cm³/mol. The molecule has 3 rings (SSSR count). The fourth-order valence-electron chi connectivity index (χ4n) is 2.70. The number of rotatable bonds is 3. The molecule has 21 heavy (non-hydrogen) atoms. The molecule has 0 aromatic heterocycles. The van der Waals surface area contributed by atoms with Crippen molar-refractivity contribution >= 4 is 23.0 Å². The summed E-state index contributed by atoms with van der Waals surface area (Å²) in [5.74, 6) is 0. The Kier molecular flexibility index (Phi) is 3.80. The lowest BCUT2D eigenvalue weighted by molar-refractivity contribution is 0.732. The molecule has 0 amide bonds. The van der Waals surface area contributed by atoms with Crippen LogP contribution in [0.2, 0.25) is 5.02 Å². The van der Waals surface area contributed by atoms with Gasteiger partial charge >= 0.3 is 0 Å². The van der Waals surface area contributed by atoms with Gasteiger partial charge in [0.1, 0.15) is 0 Å². The van der Waals surface area contributed by atoms with Crippen molar-refractivity contribution in [3.8, 4) is 0 Å². The van der Waals surface area contributed by atoms with Gasteiger partial charge in [-0.2, -0.15) is 0 Å². The van der Waals surface area contributed by atoms with Gasteiger partial charge in [0.25, 0.3) is 0 Å². The van der Waals surface area contributed by atoms with Crippen molar-refractivity contribution in [2.24, 2.45) is 5.29 Å². The van der Waals surface area contributed by atoms with E-state index in [9.17, 15) is 4.91 Å². The highest BCUT2D eigenvalue weighted by Gasteiger charge is 2.18. The number of nitroso groups, excluding NO2 is 1. The topological polar surface area (TPSA) is 35.9 Å². The number of benzene rings is 2. The fourth-order valence-corrected chi connectivity index (χ4v) is 3.00. The van der Waals surface area contributed by atoms with Gasteiger partial charge in [0, 0.05) is 20.1 Å². The number of fused-ring (bicyclic) bond motifs is 1. The molecule has 0 spiro atoms. The van der Waals surface area contributed by atoms with Crippen LogP contribution < -0.4 is 9.91 Å². The van der Waals surface area contributed by atoms with Crippen molar-refractivity contribution in [3.05, 3.63) is 63.5 Å². The molecule has 0 saturated carbocycles. The maximum Gasteiger partial charge on any atom is 0.0661 e. The van der Waals surface area contributed by atoms with Crippen LogP contribution in [-0.4, -0.2) is 13.6 Å². The summed E-state index contributed by atoms with van der Waals surface area (Å²) in [5.41, 5.74) is 4.44. The summed E-state index contributed by atoms with van der Waals surface area (Å²) >= 11 is 6.38. The average Bonchev–Trinajstić information content (AvgIpc) is 2.53. The maximum atomic E-state index is 10.6. The molecule has 0 atom stereocenters. The summed E-state index contributed by atoms with van der Waals surface area (Å²) in [5, 5.41) is 4.79. The molecule has 0 radical (unpaired) electrons. The van der Waals surface area contributed by atoms with E-state index in [1.54, 1.807) is 13.1 Å². The van der Waals surface area contributed by atoms with E-state index < -0.39 is 0 Å². The lowest BCUT2D eigenvalue weighted by Crippen LogP contribution is -2.30. The lowest BCUT2D eigenvalue weighted by atomic mass is 9.99. The minimum Gasteiger partial charge on any atom is -0.366 e. The lowest BCUT2D eigenvalue weighted by Gasteiger charge is -2.31. The van der Waals surface area contributed by atoms with Gasteiger partial charge < -0.3 is 4.90 Å². The zero-order valence-corrected chi connectivity index (χ0v) is 12.5. The predicted octanol–water partition coefficient (Wildman–Crippen LogP) is 4.02. The van der Waals surface area contributed by atoms with E-state index in [-0.39, 0.29) is 0 Å². The molecule has 0 saturated heterocycles. The minimum absolute atomic E-state index is 0.641. The standard InChI is InChI=1S/C16H16ClN3O/c1-19(18-21)14-6-7-16(15(17)10-14)20-9-8-12-4-2-3-5-13(12)11-20/h2-7,10H,8-9,11H2,1H3. The van der Waals surface area contributed by atoms with Crippen LogP contribution in [0.5, 0.6) is 0 Å². The van der Waals surface area contributed by atoms with E-state index in [1.807, 2.05) is 12.1 Å². The average molecular weight is 302 g/mol. The summed E-state index contributed by atoms with van der Waals surface area (Å²) < 4.78 is 0. The highest BCUT2D eigenvalue weighted by molar-refractivity contribution is 6.33. The van der Waals surface area contributed by atoms with Crippen LogP contribution in [-0.2, 0) is 13.0 Å². The third-order valence-electron chi connectivity index (χ3n) is 3.90. The van der Waals surface area contributed by atoms with Crippen LogP contribution in [0.25, 0.3) is 0 Å². The van der Waals surface area contributed by atoms with Gasteiger partial charge in [-0.3, -0.25) is 0 Å². The molecule has 0 bridgehead atoms. The molecule has 1 aliphatic rings. The summed E-state index contributed by atoms with van der Waals surface area (Å²) in [6.07, 6.45) is 1.02. The van der Waals surface area contributed by atoms with Gasteiger partial charge in [0.2, 0.25) is 0 Å². The number of halogens is 1. The van der Waals surface area contributed by atoms with Crippen molar-refractivity contribution in [3.63, 3.8) is 0 Å². The largest absolute Gasteiger partial charge is 0.366 e. The van der Waals surface area contributed by atoms with Gasteiger partial charge in [-0.05, 0) is 35.7 Å². The van der Waals surface area contributed by atoms with Crippen molar-refractivity contribution in [1.82, 2.24) is 0 Å². The molecule has 1 aliphatic heterocycles. The van der Waals surface area contributed by atoms with Gasteiger partial charge in [-0.25, -0.2) is 5.01 Å². The summed E-state index contributed by atoms with van der Waals surface area (Å²) in [6.45, 7) is 1.80. The van der Waals surface area contributed by atoms with Crippen LogP contribution in [0.3, 0.4) is 0 Å². The van der Waals surface area contributed by atoms with Crippen LogP contribution in [0.4, 0.5) is 11.4 Å². The normalized spacial score (nSPS) is 13.7. The molecule has 108 valence electrons. The van der Waals surface area contributed by atoms with Crippen molar-refractivity contribution < 1.29 is 0 Å². The molecule has 2 aromatic carbocycles. The van der Waals surface area contributed by atoms with E-state index in [2.05, 4.69) is 34.5 Å². The van der Waals surface area contributed by atoms with E-state index in [1.165, 1.54) is 16.1 Å². The molecule has 2 aromatic rings. The molecule has 0 fully saturated rings. The Morgan fingerprint density at radius 3 is 2.67 bits per heavy atom. The second kappa shape index (κ2) is 5.74. The highest BCUT2D eigenvalue weighted by atomic mass is 35.5. The van der Waals surface area contributed by atoms with Gasteiger partial charge in [-0.15, -0.1) is 4.91 Å². The minimum atomic E-state index is 0.641. The van der Waals surface area contributed by atoms with Crippen LogP contribution in [0.15, 0.2) is 47.8 Å². The Morgan fingerprint density at radius 1 is 1.19 bits per heavy atom. The number of nitrogens with zero attached hydrogens (tertiary/aromatic N) is 3. The fraction of sp³-hybridized carbons (Fsp3) is 0.250. The summed E-state index contributed by atoms with van der Waals surface area (Å²) in [7, 11) is 1.61. The molecule has 5 heteroatoms. The zero-order valence-electron chi connectivity index (χ0n) is 11.8. The van der Waals surface area contributed by atoms with E-state index in [4.69, 9.17) is 11.6 Å². The first-order valence-corrected chi connectivity index (χ1v) is 7.25. The van der Waals surface area contributed by atoms with Gasteiger partial charge in [0.15, 0.2) is 0 Å². The first-order chi connectivity index (χ1) is 10.2. The second-order valence-electron chi connectivity index (χ2n) is 5.18. The Hall–Kier alpha value is -2.07. The Morgan fingerprint density at radius 2 is 1.95 bits per heavy atom. The monoisotopic (exact) mass is 301 g/mol. The number of hydrogen-bond acceptors (Lipinski definition) is 3. The molecule has 0 aliphatic carbocycles. The van der Waals surface area contributed by atoms with E-state index in [0.717, 1.165) is 25.2 Å². The Bertz CT molecular complexity index is 674. The maximum absolute atomic E-state index is 10.6. The molecular formula is C16H16ClN3O. The first kappa shape index (κ1) is 13.9. The van der Waals surface area contributed by atoms with Crippen molar-refractivity contribution in [2.45, 2.75) is 13.0 Å². The smallest absolute Gasteiger partial charge is 0.0661 e. The molecule has 0 N–H and O–H groups in total. The Labute approximate surface area is 128 Å². The van der Waals surface area contributed by atoms with Crippen molar-refractivity contribution in [1.29, 1.82) is 0 Å². The highest BCUT2D eigenvalue weighted by Crippen LogP contribution is 2.33. The summed E-state index contributed by atoms with van der Waals surface area (Å²) in [4.78, 5) is 12.8. The van der Waals surface area contributed by atoms with Gasteiger partial charge in [-0.1, -0.05) is 35.9 Å².